The van der Waals surface area contributed by atoms with Gasteiger partial charge in [0.05, 0.1) is 17.6 Å². The normalized spacial score (nSPS) is 9.63. The summed E-state index contributed by atoms with van der Waals surface area (Å²) in [5.74, 6) is 1.00. The van der Waals surface area contributed by atoms with Crippen molar-refractivity contribution in [2.75, 3.05) is 17.7 Å². The molecule has 102 valence electrons. The Balaban J connectivity index is 0.00000180. The number of aryl methyl sites for hydroxylation is 2. The smallest absolute Gasteiger partial charge is 0.261 e. The molecule has 1 amide bonds. The van der Waals surface area contributed by atoms with Gasteiger partial charge in [0.25, 0.3) is 5.91 Å². The number of aromatic nitrogens is 2. The van der Waals surface area contributed by atoms with Gasteiger partial charge in [-0.3, -0.25) is 4.79 Å². The highest BCUT2D eigenvalue weighted by molar-refractivity contribution is 6.05. The minimum absolute atomic E-state index is 0. The van der Waals surface area contributed by atoms with Gasteiger partial charge in [-0.15, -0.1) is 12.4 Å². The van der Waals surface area contributed by atoms with Crippen molar-refractivity contribution < 1.29 is 9.32 Å². The number of anilines is 2. The Kier molecular flexibility index (Phi) is 4.88. The van der Waals surface area contributed by atoms with Crippen LogP contribution >= 0.6 is 12.4 Å². The van der Waals surface area contributed by atoms with Gasteiger partial charge >= 0.3 is 0 Å². The molecule has 0 aliphatic carbocycles. The summed E-state index contributed by atoms with van der Waals surface area (Å²) in [6.45, 7) is 3.44. The van der Waals surface area contributed by atoms with Crippen molar-refractivity contribution in [1.82, 2.24) is 10.1 Å². The number of nitrogens with one attached hydrogen (secondary N) is 2. The van der Waals surface area contributed by atoms with E-state index in [0.717, 1.165) is 5.82 Å². The quantitative estimate of drug-likeness (QED) is 0.903. The highest BCUT2D eigenvalue weighted by Crippen LogP contribution is 2.15. The molecular formula is C12H15ClN4O2. The first kappa shape index (κ1) is 15.0. The van der Waals surface area contributed by atoms with Gasteiger partial charge in [0, 0.05) is 7.05 Å². The van der Waals surface area contributed by atoms with E-state index in [1.807, 2.05) is 0 Å². The van der Waals surface area contributed by atoms with E-state index in [9.17, 15) is 4.79 Å². The SMILES string of the molecule is CNc1ccc(NC(=O)c2c(C)noc2C)cn1.Cl. The largest absolute Gasteiger partial charge is 0.373 e. The first-order valence-electron chi connectivity index (χ1n) is 5.50. The second-order valence-corrected chi connectivity index (χ2v) is 3.84. The standard InChI is InChI=1S/C12H14N4O2.ClH/c1-7-11(8(2)18-16-7)12(17)15-9-4-5-10(13-3)14-6-9;/h4-6H,1-3H3,(H,13,14)(H,15,17);1H. The lowest BCUT2D eigenvalue weighted by molar-refractivity contribution is 0.102. The summed E-state index contributed by atoms with van der Waals surface area (Å²) in [5, 5.41) is 9.40. The molecule has 0 unspecified atom stereocenters. The van der Waals surface area contributed by atoms with Gasteiger partial charge in [-0.05, 0) is 26.0 Å². The van der Waals surface area contributed by atoms with Crippen LogP contribution in [-0.4, -0.2) is 23.1 Å². The van der Waals surface area contributed by atoms with Crippen LogP contribution in [0, 0.1) is 13.8 Å². The highest BCUT2D eigenvalue weighted by Gasteiger charge is 2.17. The molecule has 2 heterocycles. The van der Waals surface area contributed by atoms with Crippen molar-refractivity contribution in [3.05, 3.63) is 35.3 Å². The Morgan fingerprint density at radius 2 is 2.05 bits per heavy atom. The Hall–Kier alpha value is -2.08. The summed E-state index contributed by atoms with van der Waals surface area (Å²) in [7, 11) is 1.78. The van der Waals surface area contributed by atoms with Gasteiger partial charge in [-0.2, -0.15) is 0 Å². The molecule has 0 aromatic carbocycles. The maximum atomic E-state index is 12.0. The molecule has 2 aromatic heterocycles. The Bertz CT molecular complexity index is 546. The predicted octanol–water partition coefficient (Wildman–Crippen LogP) is 2.40. The average Bonchev–Trinajstić information content (AvgIpc) is 2.70. The Labute approximate surface area is 117 Å². The molecule has 0 spiro atoms. The summed E-state index contributed by atoms with van der Waals surface area (Å²) in [6, 6.07) is 3.55. The van der Waals surface area contributed by atoms with Crippen LogP contribution in [0.25, 0.3) is 0 Å². The second-order valence-electron chi connectivity index (χ2n) is 3.84. The first-order valence-corrected chi connectivity index (χ1v) is 5.50. The van der Waals surface area contributed by atoms with Crippen molar-refractivity contribution in [2.24, 2.45) is 0 Å². The van der Waals surface area contributed by atoms with Gasteiger partial charge in [0.1, 0.15) is 17.1 Å². The highest BCUT2D eigenvalue weighted by atomic mass is 35.5. The van der Waals surface area contributed by atoms with Crippen molar-refractivity contribution in [3.63, 3.8) is 0 Å². The van der Waals surface area contributed by atoms with E-state index in [-0.39, 0.29) is 18.3 Å². The predicted molar refractivity (Wildman–Crippen MR) is 75.0 cm³/mol. The third-order valence-corrected chi connectivity index (χ3v) is 2.54. The number of halogens is 1. The molecule has 0 aliphatic heterocycles. The van der Waals surface area contributed by atoms with Crippen LogP contribution < -0.4 is 10.6 Å². The van der Waals surface area contributed by atoms with E-state index in [1.165, 1.54) is 0 Å². The molecule has 0 bridgehead atoms. The van der Waals surface area contributed by atoms with Gasteiger partial charge in [0.2, 0.25) is 0 Å². The molecule has 0 saturated carbocycles. The summed E-state index contributed by atoms with van der Waals surface area (Å²) < 4.78 is 4.95. The Morgan fingerprint density at radius 1 is 1.32 bits per heavy atom. The fourth-order valence-electron chi connectivity index (χ4n) is 1.62. The van der Waals surface area contributed by atoms with Crippen molar-refractivity contribution in [2.45, 2.75) is 13.8 Å². The number of hydrogen-bond donors (Lipinski definition) is 2. The zero-order chi connectivity index (χ0) is 13.1. The molecule has 19 heavy (non-hydrogen) atoms. The monoisotopic (exact) mass is 282 g/mol. The Morgan fingerprint density at radius 3 is 2.53 bits per heavy atom. The van der Waals surface area contributed by atoms with E-state index >= 15 is 0 Å². The topological polar surface area (TPSA) is 80.0 Å². The van der Waals surface area contributed by atoms with Crippen LogP contribution in [0.5, 0.6) is 0 Å². The van der Waals surface area contributed by atoms with Crippen LogP contribution in [0.2, 0.25) is 0 Å². The molecule has 0 radical (unpaired) electrons. The van der Waals surface area contributed by atoms with E-state index in [1.54, 1.807) is 39.2 Å². The maximum absolute atomic E-state index is 12.0. The third kappa shape index (κ3) is 3.23. The van der Waals surface area contributed by atoms with Gasteiger partial charge in [0.15, 0.2) is 0 Å². The third-order valence-electron chi connectivity index (χ3n) is 2.54. The number of nitrogens with zero attached hydrogens (tertiary/aromatic N) is 2. The summed E-state index contributed by atoms with van der Waals surface area (Å²) in [5.41, 5.74) is 1.66. The minimum atomic E-state index is -0.245. The summed E-state index contributed by atoms with van der Waals surface area (Å²) in [4.78, 5) is 16.1. The molecule has 0 fully saturated rings. The van der Waals surface area contributed by atoms with E-state index in [2.05, 4.69) is 20.8 Å². The molecular weight excluding hydrogens is 268 g/mol. The zero-order valence-corrected chi connectivity index (χ0v) is 11.7. The first-order chi connectivity index (χ1) is 8.61. The average molecular weight is 283 g/mol. The number of hydrogen-bond acceptors (Lipinski definition) is 5. The molecule has 2 N–H and O–H groups in total. The van der Waals surface area contributed by atoms with E-state index in [4.69, 9.17) is 4.52 Å². The lowest BCUT2D eigenvalue weighted by atomic mass is 10.2. The summed E-state index contributed by atoms with van der Waals surface area (Å²) in [6.07, 6.45) is 1.59. The number of amides is 1. The van der Waals surface area contributed by atoms with Crippen molar-refractivity contribution >= 4 is 29.8 Å². The molecule has 2 rings (SSSR count). The number of pyridine rings is 1. The molecule has 2 aromatic rings. The second kappa shape index (κ2) is 6.19. The van der Waals surface area contributed by atoms with E-state index < -0.39 is 0 Å². The lowest BCUT2D eigenvalue weighted by Gasteiger charge is -2.05. The van der Waals surface area contributed by atoms with E-state index in [0.29, 0.717) is 22.7 Å². The van der Waals surface area contributed by atoms with Crippen LogP contribution in [0.1, 0.15) is 21.8 Å². The van der Waals surface area contributed by atoms with Crippen LogP contribution in [0.15, 0.2) is 22.9 Å². The molecule has 0 saturated heterocycles. The van der Waals surface area contributed by atoms with Crippen molar-refractivity contribution in [3.8, 4) is 0 Å². The lowest BCUT2D eigenvalue weighted by Crippen LogP contribution is -2.13. The fourth-order valence-corrected chi connectivity index (χ4v) is 1.62. The van der Waals surface area contributed by atoms with Crippen LogP contribution in [-0.2, 0) is 0 Å². The minimum Gasteiger partial charge on any atom is -0.373 e. The number of carbonyl (C=O) groups is 1. The maximum Gasteiger partial charge on any atom is 0.261 e. The van der Waals surface area contributed by atoms with Crippen molar-refractivity contribution in [1.29, 1.82) is 0 Å². The number of rotatable bonds is 3. The number of carbonyl (C=O) groups excluding carboxylic acids is 1. The molecule has 0 atom stereocenters. The zero-order valence-electron chi connectivity index (χ0n) is 10.9. The van der Waals surface area contributed by atoms with Gasteiger partial charge in [-0.25, -0.2) is 4.98 Å². The fraction of sp³-hybridized carbons (Fsp3) is 0.250. The van der Waals surface area contributed by atoms with Gasteiger partial charge in [-0.1, -0.05) is 5.16 Å². The van der Waals surface area contributed by atoms with Crippen LogP contribution in [0.4, 0.5) is 11.5 Å². The van der Waals surface area contributed by atoms with Crippen LogP contribution in [0.3, 0.4) is 0 Å². The summed E-state index contributed by atoms with van der Waals surface area (Å²) >= 11 is 0. The van der Waals surface area contributed by atoms with Gasteiger partial charge < -0.3 is 15.2 Å². The molecule has 7 heteroatoms. The molecule has 0 aliphatic rings. The molecule has 6 nitrogen and oxygen atoms in total.